The summed E-state index contributed by atoms with van der Waals surface area (Å²) >= 11 is 0. The molecule has 1 aromatic heterocycles. The summed E-state index contributed by atoms with van der Waals surface area (Å²) in [6.45, 7) is 8.35. The van der Waals surface area contributed by atoms with E-state index in [1.807, 2.05) is 62.4 Å². The zero-order chi connectivity index (χ0) is 24.5. The largest absolute Gasteiger partial charge is 0.490 e. The van der Waals surface area contributed by atoms with E-state index in [-0.39, 0.29) is 5.91 Å². The average molecular weight is 479 g/mol. The quantitative estimate of drug-likeness (QED) is 0.370. The number of hydrogen-bond donors (Lipinski definition) is 1. The molecule has 4 rings (SSSR count). The van der Waals surface area contributed by atoms with Gasteiger partial charge in [0.25, 0.3) is 5.91 Å². The predicted octanol–water partition coefficient (Wildman–Crippen LogP) is 5.89. The molecule has 0 unspecified atom stereocenters. The minimum atomic E-state index is -0.263. The van der Waals surface area contributed by atoms with Crippen LogP contribution in [0.1, 0.15) is 55.0 Å². The van der Waals surface area contributed by atoms with Crippen LogP contribution in [0.5, 0.6) is 17.2 Å². The molecule has 1 fully saturated rings. The Morgan fingerprint density at radius 3 is 2.37 bits per heavy atom. The maximum Gasteiger partial charge on any atom is 0.291 e. The molecule has 7 nitrogen and oxygen atoms in total. The van der Waals surface area contributed by atoms with E-state index < -0.39 is 0 Å². The van der Waals surface area contributed by atoms with Gasteiger partial charge in [-0.25, -0.2) is 0 Å². The van der Waals surface area contributed by atoms with Crippen LogP contribution in [0.25, 0.3) is 0 Å². The molecule has 0 atom stereocenters. The third-order valence-electron chi connectivity index (χ3n) is 5.84. The van der Waals surface area contributed by atoms with Gasteiger partial charge in [-0.3, -0.25) is 9.69 Å². The number of rotatable bonds is 11. The fraction of sp³-hybridized carbons (Fsp3) is 0.393. The maximum absolute atomic E-state index is 12.6. The van der Waals surface area contributed by atoms with Crippen molar-refractivity contribution in [2.75, 3.05) is 31.6 Å². The van der Waals surface area contributed by atoms with E-state index in [1.54, 1.807) is 6.07 Å². The highest BCUT2D eigenvalue weighted by Crippen LogP contribution is 2.29. The lowest BCUT2D eigenvalue weighted by molar-refractivity contribution is 0.0992. The van der Waals surface area contributed by atoms with Crippen molar-refractivity contribution < 1.29 is 23.4 Å². The van der Waals surface area contributed by atoms with Crippen LogP contribution in [0.3, 0.4) is 0 Å². The number of ether oxygens (including phenoxy) is 3. The lowest BCUT2D eigenvalue weighted by Gasteiger charge is -2.25. The monoisotopic (exact) mass is 478 g/mol. The average Bonchev–Trinajstić information content (AvgIpc) is 3.34. The van der Waals surface area contributed by atoms with Gasteiger partial charge in [0.1, 0.15) is 18.1 Å². The molecule has 0 spiro atoms. The van der Waals surface area contributed by atoms with Gasteiger partial charge in [0.15, 0.2) is 17.3 Å². The smallest absolute Gasteiger partial charge is 0.291 e. The molecule has 2 heterocycles. The van der Waals surface area contributed by atoms with Crippen LogP contribution in [0.4, 0.5) is 5.69 Å². The van der Waals surface area contributed by atoms with E-state index in [0.717, 1.165) is 36.7 Å². The second-order valence-electron chi connectivity index (χ2n) is 8.52. The molecule has 2 aromatic carbocycles. The molecule has 35 heavy (non-hydrogen) atoms. The van der Waals surface area contributed by atoms with E-state index in [4.69, 9.17) is 18.6 Å². The molecule has 1 aliphatic heterocycles. The van der Waals surface area contributed by atoms with Crippen LogP contribution in [0.15, 0.2) is 59.0 Å². The topological polar surface area (TPSA) is 73.2 Å². The second-order valence-corrected chi connectivity index (χ2v) is 8.52. The molecule has 7 heteroatoms. The molecule has 0 radical (unpaired) electrons. The van der Waals surface area contributed by atoms with E-state index in [1.165, 1.54) is 19.3 Å². The SMILES string of the molecule is CCOc1ccc(COc2ccc(NC(=O)c3ccc(CN4CCCCC4)o3)cc2)cc1OCC. The first kappa shape index (κ1) is 24.7. The summed E-state index contributed by atoms with van der Waals surface area (Å²) in [5.74, 6) is 3.03. The highest BCUT2D eigenvalue weighted by Gasteiger charge is 2.15. The molecule has 1 aliphatic rings. The second kappa shape index (κ2) is 12.3. The van der Waals surface area contributed by atoms with Gasteiger partial charge in [0.05, 0.1) is 19.8 Å². The van der Waals surface area contributed by atoms with E-state index in [0.29, 0.717) is 42.8 Å². The van der Waals surface area contributed by atoms with Crippen LogP contribution in [-0.4, -0.2) is 37.1 Å². The van der Waals surface area contributed by atoms with Crippen LogP contribution < -0.4 is 19.5 Å². The summed E-state index contributed by atoms with van der Waals surface area (Å²) in [7, 11) is 0. The lowest BCUT2D eigenvalue weighted by Crippen LogP contribution is -2.28. The third kappa shape index (κ3) is 7.02. The van der Waals surface area contributed by atoms with Crippen molar-refractivity contribution in [3.8, 4) is 17.2 Å². The van der Waals surface area contributed by atoms with Crippen molar-refractivity contribution in [2.24, 2.45) is 0 Å². The normalized spacial score (nSPS) is 13.9. The summed E-state index contributed by atoms with van der Waals surface area (Å²) < 4.78 is 23.0. The predicted molar refractivity (Wildman–Crippen MR) is 135 cm³/mol. The molecular weight excluding hydrogens is 444 g/mol. The number of benzene rings is 2. The van der Waals surface area contributed by atoms with Gasteiger partial charge in [0, 0.05) is 5.69 Å². The van der Waals surface area contributed by atoms with E-state index in [2.05, 4.69) is 10.2 Å². The minimum absolute atomic E-state index is 0.263. The Hall–Kier alpha value is -3.45. The summed E-state index contributed by atoms with van der Waals surface area (Å²) in [5, 5.41) is 2.88. The molecule has 1 saturated heterocycles. The number of carbonyl (C=O) groups excluding carboxylic acids is 1. The van der Waals surface area contributed by atoms with Gasteiger partial charge < -0.3 is 23.9 Å². The fourth-order valence-electron chi connectivity index (χ4n) is 4.10. The van der Waals surface area contributed by atoms with Gasteiger partial charge in [-0.2, -0.15) is 0 Å². The first-order chi connectivity index (χ1) is 17.1. The highest BCUT2D eigenvalue weighted by atomic mass is 16.5. The molecule has 0 bridgehead atoms. The molecule has 3 aromatic rings. The van der Waals surface area contributed by atoms with Gasteiger partial charge in [-0.15, -0.1) is 0 Å². The molecule has 0 aliphatic carbocycles. The van der Waals surface area contributed by atoms with Crippen molar-refractivity contribution in [2.45, 2.75) is 46.3 Å². The first-order valence-electron chi connectivity index (χ1n) is 12.4. The number of furan rings is 1. The van der Waals surface area contributed by atoms with Gasteiger partial charge in [0.2, 0.25) is 0 Å². The highest BCUT2D eigenvalue weighted by molar-refractivity contribution is 6.02. The summed E-state index contributed by atoms with van der Waals surface area (Å²) in [6, 6.07) is 16.7. The standard InChI is InChI=1S/C28H34N2O5/c1-3-32-25-14-8-21(18-27(25)33-4-2)20-34-23-11-9-22(10-12-23)29-28(31)26-15-13-24(35-26)19-30-16-6-5-7-17-30/h8-15,18H,3-7,16-17,19-20H2,1-2H3,(H,29,31). The lowest BCUT2D eigenvalue weighted by atomic mass is 10.1. The molecular formula is C28H34N2O5. The van der Waals surface area contributed by atoms with Gasteiger partial charge in [-0.1, -0.05) is 12.5 Å². The maximum atomic E-state index is 12.6. The number of carbonyl (C=O) groups is 1. The Kier molecular flexibility index (Phi) is 8.68. The number of nitrogens with zero attached hydrogens (tertiary/aromatic N) is 1. The number of likely N-dealkylation sites (tertiary alicyclic amines) is 1. The first-order valence-corrected chi connectivity index (χ1v) is 12.4. The van der Waals surface area contributed by atoms with Crippen molar-refractivity contribution in [3.63, 3.8) is 0 Å². The number of anilines is 1. The van der Waals surface area contributed by atoms with Gasteiger partial charge in [-0.05, 0) is 93.9 Å². The van der Waals surface area contributed by atoms with E-state index >= 15 is 0 Å². The Bertz CT molecular complexity index is 1090. The zero-order valence-electron chi connectivity index (χ0n) is 20.5. The third-order valence-corrected chi connectivity index (χ3v) is 5.84. The van der Waals surface area contributed by atoms with Crippen molar-refractivity contribution in [3.05, 3.63) is 71.7 Å². The molecule has 0 saturated carbocycles. The van der Waals surface area contributed by atoms with Crippen LogP contribution >= 0.6 is 0 Å². The molecule has 186 valence electrons. The summed E-state index contributed by atoms with van der Waals surface area (Å²) in [5.41, 5.74) is 1.66. The summed E-state index contributed by atoms with van der Waals surface area (Å²) in [4.78, 5) is 15.0. The minimum Gasteiger partial charge on any atom is -0.490 e. The Balaban J connectivity index is 1.29. The van der Waals surface area contributed by atoms with Crippen LogP contribution in [0.2, 0.25) is 0 Å². The molecule has 1 amide bonds. The van der Waals surface area contributed by atoms with Crippen molar-refractivity contribution >= 4 is 11.6 Å². The zero-order valence-corrected chi connectivity index (χ0v) is 20.5. The summed E-state index contributed by atoms with van der Waals surface area (Å²) in [6.07, 6.45) is 3.74. The van der Waals surface area contributed by atoms with Gasteiger partial charge >= 0.3 is 0 Å². The van der Waals surface area contributed by atoms with Crippen molar-refractivity contribution in [1.82, 2.24) is 4.90 Å². The van der Waals surface area contributed by atoms with Crippen LogP contribution in [0, 0.1) is 0 Å². The molecule has 1 N–H and O–H groups in total. The van der Waals surface area contributed by atoms with E-state index in [9.17, 15) is 4.79 Å². The number of piperidine rings is 1. The Labute approximate surface area is 207 Å². The number of hydrogen-bond acceptors (Lipinski definition) is 6. The Morgan fingerprint density at radius 1 is 0.886 bits per heavy atom. The number of amides is 1. The van der Waals surface area contributed by atoms with Crippen LogP contribution in [-0.2, 0) is 13.2 Å². The number of nitrogens with one attached hydrogen (secondary N) is 1. The van der Waals surface area contributed by atoms with Crippen molar-refractivity contribution in [1.29, 1.82) is 0 Å². The fourth-order valence-corrected chi connectivity index (χ4v) is 4.10. The Morgan fingerprint density at radius 2 is 1.63 bits per heavy atom.